The normalized spacial score (nSPS) is 40.7. The largest absolute Gasteiger partial charge is 0.313 e. The van der Waals surface area contributed by atoms with E-state index in [1.165, 1.54) is 34.7 Å². The van der Waals surface area contributed by atoms with Crippen molar-refractivity contribution in [3.63, 3.8) is 0 Å². The zero-order chi connectivity index (χ0) is 20.1. The Bertz CT molecular complexity index is 983. The maximum Gasteiger partial charge on any atom is 0.0699 e. The van der Waals surface area contributed by atoms with Crippen LogP contribution < -0.4 is 0 Å². The molecule has 0 aromatic heterocycles. The Morgan fingerprint density at radius 2 is 1.66 bits per heavy atom. The summed E-state index contributed by atoms with van der Waals surface area (Å²) < 4.78 is 0. The Hall–Kier alpha value is -1.46. The number of piperidine rings is 2. The molecule has 0 radical (unpaired) electrons. The molecule has 2 aliphatic carbocycles. The SMILES string of the molecule is CC1(C)c2cccc3cccc(c23)C(C)(CC2C3CC4CC(C3)N(O)C2C4)N1O. The molecule has 154 valence electrons. The van der Waals surface area contributed by atoms with Crippen molar-refractivity contribution in [2.24, 2.45) is 17.8 Å². The predicted octanol–water partition coefficient (Wildman–Crippen LogP) is 5.26. The van der Waals surface area contributed by atoms with E-state index in [2.05, 4.69) is 57.2 Å². The molecule has 4 heteroatoms. The first-order valence-corrected chi connectivity index (χ1v) is 11.3. The van der Waals surface area contributed by atoms with Crippen LogP contribution in [0.3, 0.4) is 0 Å². The highest BCUT2D eigenvalue weighted by Crippen LogP contribution is 2.57. The van der Waals surface area contributed by atoms with Crippen molar-refractivity contribution in [3.8, 4) is 0 Å². The van der Waals surface area contributed by atoms with Gasteiger partial charge in [-0.25, -0.2) is 0 Å². The number of hydrogen-bond acceptors (Lipinski definition) is 4. The van der Waals surface area contributed by atoms with E-state index < -0.39 is 11.1 Å². The fourth-order valence-corrected chi connectivity index (χ4v) is 7.72. The van der Waals surface area contributed by atoms with E-state index in [4.69, 9.17) is 0 Å². The van der Waals surface area contributed by atoms with Crippen LogP contribution in [0.15, 0.2) is 36.4 Å². The van der Waals surface area contributed by atoms with Crippen LogP contribution in [-0.4, -0.2) is 32.6 Å². The van der Waals surface area contributed by atoms with Gasteiger partial charge in [0.15, 0.2) is 0 Å². The van der Waals surface area contributed by atoms with Crippen LogP contribution in [-0.2, 0) is 11.1 Å². The van der Waals surface area contributed by atoms with Crippen molar-refractivity contribution in [1.82, 2.24) is 10.1 Å². The third kappa shape index (κ3) is 2.29. The van der Waals surface area contributed by atoms with Gasteiger partial charge < -0.3 is 10.4 Å². The fourth-order valence-electron chi connectivity index (χ4n) is 7.72. The first-order chi connectivity index (χ1) is 13.8. The molecule has 5 aliphatic rings. The van der Waals surface area contributed by atoms with E-state index in [1.807, 2.05) is 0 Å². The molecule has 2 aromatic rings. The van der Waals surface area contributed by atoms with Gasteiger partial charge >= 0.3 is 0 Å². The zero-order valence-electron chi connectivity index (χ0n) is 17.7. The van der Waals surface area contributed by atoms with Gasteiger partial charge in [0.05, 0.1) is 11.1 Å². The quantitative estimate of drug-likeness (QED) is 0.731. The smallest absolute Gasteiger partial charge is 0.0699 e. The lowest BCUT2D eigenvalue weighted by Gasteiger charge is -2.60. The highest BCUT2D eigenvalue weighted by molar-refractivity contribution is 5.91. The first-order valence-electron chi connectivity index (χ1n) is 11.3. The molecular weight excluding hydrogens is 360 g/mol. The van der Waals surface area contributed by atoms with Gasteiger partial charge in [-0.15, -0.1) is 0 Å². The van der Waals surface area contributed by atoms with Crippen molar-refractivity contribution in [2.75, 3.05) is 0 Å². The summed E-state index contributed by atoms with van der Waals surface area (Å²) in [6.45, 7) is 6.47. The minimum absolute atomic E-state index is 0.246. The molecule has 0 spiro atoms. The Morgan fingerprint density at radius 3 is 2.41 bits per heavy atom. The molecule has 4 nitrogen and oxygen atoms in total. The summed E-state index contributed by atoms with van der Waals surface area (Å²) in [5.41, 5.74) is 1.48. The number of nitrogens with zero attached hydrogens (tertiary/aromatic N) is 2. The number of benzene rings is 2. The molecule has 6 unspecified atom stereocenters. The average molecular weight is 393 g/mol. The van der Waals surface area contributed by atoms with Gasteiger partial charge in [0.1, 0.15) is 0 Å². The van der Waals surface area contributed by atoms with Crippen molar-refractivity contribution in [1.29, 1.82) is 0 Å². The summed E-state index contributed by atoms with van der Waals surface area (Å²) in [6, 6.07) is 13.6. The lowest BCUT2D eigenvalue weighted by atomic mass is 9.56. The Balaban J connectivity index is 1.48. The molecule has 3 aliphatic heterocycles. The monoisotopic (exact) mass is 392 g/mol. The fraction of sp³-hybridized carbons (Fsp3) is 0.600. The van der Waals surface area contributed by atoms with Crippen LogP contribution in [0.1, 0.15) is 64.0 Å². The summed E-state index contributed by atoms with van der Waals surface area (Å²) in [4.78, 5) is 0. The summed E-state index contributed by atoms with van der Waals surface area (Å²) in [5.74, 6) is 1.88. The number of hydroxylamine groups is 4. The molecule has 0 amide bonds. The minimum atomic E-state index is -0.474. The van der Waals surface area contributed by atoms with Gasteiger partial charge in [-0.2, -0.15) is 10.1 Å². The third-order valence-electron chi connectivity index (χ3n) is 8.98. The minimum Gasteiger partial charge on any atom is -0.313 e. The van der Waals surface area contributed by atoms with Gasteiger partial charge in [0, 0.05) is 12.1 Å². The van der Waals surface area contributed by atoms with E-state index in [9.17, 15) is 10.4 Å². The first kappa shape index (κ1) is 18.3. The van der Waals surface area contributed by atoms with E-state index in [0.29, 0.717) is 17.9 Å². The second kappa shape index (κ2) is 5.82. The van der Waals surface area contributed by atoms with Crippen molar-refractivity contribution >= 4 is 10.8 Å². The van der Waals surface area contributed by atoms with E-state index in [0.717, 1.165) is 25.2 Å². The highest BCUT2D eigenvalue weighted by atomic mass is 16.5. The van der Waals surface area contributed by atoms with Gasteiger partial charge in [0.25, 0.3) is 0 Å². The zero-order valence-corrected chi connectivity index (χ0v) is 17.7. The van der Waals surface area contributed by atoms with E-state index in [1.54, 1.807) is 10.1 Å². The van der Waals surface area contributed by atoms with Crippen LogP contribution >= 0.6 is 0 Å². The van der Waals surface area contributed by atoms with Crippen LogP contribution in [0.4, 0.5) is 0 Å². The molecule has 4 bridgehead atoms. The molecule has 29 heavy (non-hydrogen) atoms. The molecule has 2 aromatic carbocycles. The molecule has 6 atom stereocenters. The molecule has 2 saturated carbocycles. The second-order valence-corrected chi connectivity index (χ2v) is 10.9. The topological polar surface area (TPSA) is 46.9 Å². The Kier molecular flexibility index (Phi) is 3.68. The summed E-state index contributed by atoms with van der Waals surface area (Å²) in [6.07, 6.45) is 5.57. The predicted molar refractivity (Wildman–Crippen MR) is 113 cm³/mol. The van der Waals surface area contributed by atoms with Crippen LogP contribution in [0.2, 0.25) is 0 Å². The molecule has 7 rings (SSSR count). The molecule has 2 N–H and O–H groups in total. The molecule has 4 fully saturated rings. The van der Waals surface area contributed by atoms with Crippen molar-refractivity contribution in [3.05, 3.63) is 47.5 Å². The lowest BCUT2D eigenvalue weighted by molar-refractivity contribution is -0.275. The summed E-state index contributed by atoms with van der Waals surface area (Å²) >= 11 is 0. The molecular formula is C25H32N2O2. The van der Waals surface area contributed by atoms with Gasteiger partial charge in [0.2, 0.25) is 0 Å². The number of rotatable bonds is 2. The van der Waals surface area contributed by atoms with Crippen LogP contribution in [0, 0.1) is 17.8 Å². The average Bonchev–Trinajstić information content (AvgIpc) is 2.71. The summed E-state index contributed by atoms with van der Waals surface area (Å²) in [5, 5.41) is 28.4. The lowest BCUT2D eigenvalue weighted by Crippen LogP contribution is -2.63. The van der Waals surface area contributed by atoms with Crippen LogP contribution in [0.25, 0.3) is 10.8 Å². The van der Waals surface area contributed by atoms with E-state index in [-0.39, 0.29) is 6.04 Å². The highest BCUT2D eigenvalue weighted by Gasteiger charge is 2.56. The van der Waals surface area contributed by atoms with Crippen LogP contribution in [0.5, 0.6) is 0 Å². The third-order valence-corrected chi connectivity index (χ3v) is 8.98. The number of hydrogen-bond donors (Lipinski definition) is 2. The van der Waals surface area contributed by atoms with Gasteiger partial charge in [-0.1, -0.05) is 36.4 Å². The Labute approximate surface area is 173 Å². The molecule has 2 saturated heterocycles. The van der Waals surface area contributed by atoms with Gasteiger partial charge in [-0.05, 0) is 92.5 Å². The summed E-state index contributed by atoms with van der Waals surface area (Å²) in [7, 11) is 0. The van der Waals surface area contributed by atoms with Crippen molar-refractivity contribution < 1.29 is 10.4 Å². The Morgan fingerprint density at radius 1 is 0.931 bits per heavy atom. The standard InChI is InChI=1S/C25H32N2O2/c1-24(2)20-8-4-6-16-7-5-9-21(23(16)20)25(3,27(24)29)14-19-17-10-15-11-18(13-17)26(28)22(19)12-15/h4-9,15,17-19,22,28-29H,10-14H2,1-3H3. The van der Waals surface area contributed by atoms with E-state index >= 15 is 0 Å². The second-order valence-electron chi connectivity index (χ2n) is 10.9. The maximum absolute atomic E-state index is 11.6. The maximum atomic E-state index is 11.6. The van der Waals surface area contributed by atoms with Crippen molar-refractivity contribution in [2.45, 2.75) is 76.0 Å². The molecule has 3 heterocycles. The van der Waals surface area contributed by atoms with Gasteiger partial charge in [-0.3, -0.25) is 0 Å².